The van der Waals surface area contributed by atoms with E-state index in [4.69, 9.17) is 5.73 Å². The second-order valence-electron chi connectivity index (χ2n) is 5.86. The number of carbonyl (C=O) groups excluding carboxylic acids is 3. The highest BCUT2D eigenvalue weighted by Gasteiger charge is 2.15. The highest BCUT2D eigenvalue weighted by molar-refractivity contribution is 7.20. The minimum atomic E-state index is -0.493. The van der Waals surface area contributed by atoms with Crippen molar-refractivity contribution in [1.29, 1.82) is 0 Å². The van der Waals surface area contributed by atoms with Gasteiger partial charge in [0.15, 0.2) is 0 Å². The van der Waals surface area contributed by atoms with E-state index < -0.39 is 5.91 Å². The van der Waals surface area contributed by atoms with Crippen LogP contribution in [0.25, 0.3) is 9.88 Å². The number of thiophene rings is 1. The van der Waals surface area contributed by atoms with E-state index in [2.05, 4.69) is 15.6 Å². The molecule has 0 aliphatic rings. The third-order valence-corrected chi connectivity index (χ3v) is 5.66. The summed E-state index contributed by atoms with van der Waals surface area (Å²) < 4.78 is 0. The number of nitrogens with two attached hydrogens (primary N) is 1. The van der Waals surface area contributed by atoms with Crippen LogP contribution in [-0.2, 0) is 16.0 Å². The van der Waals surface area contributed by atoms with E-state index in [1.54, 1.807) is 35.6 Å². The first-order chi connectivity index (χ1) is 13.5. The van der Waals surface area contributed by atoms with E-state index >= 15 is 0 Å². The van der Waals surface area contributed by atoms with Gasteiger partial charge in [0.25, 0.3) is 5.91 Å². The molecule has 4 N–H and O–H groups in total. The Labute approximate surface area is 169 Å². The first kappa shape index (κ1) is 19.7. The van der Waals surface area contributed by atoms with Crippen molar-refractivity contribution < 1.29 is 14.4 Å². The SMILES string of the molecule is NC(=O)CCNC(=O)c1ccccc1NC(=O)Cc1csc(-c2cccs2)n1. The molecule has 0 saturated carbocycles. The Balaban J connectivity index is 1.62. The van der Waals surface area contributed by atoms with Crippen LogP contribution in [0.4, 0.5) is 5.69 Å². The minimum Gasteiger partial charge on any atom is -0.370 e. The highest BCUT2D eigenvalue weighted by Crippen LogP contribution is 2.28. The van der Waals surface area contributed by atoms with Gasteiger partial charge in [-0.2, -0.15) is 0 Å². The Hall–Kier alpha value is -3.04. The lowest BCUT2D eigenvalue weighted by Gasteiger charge is -2.11. The van der Waals surface area contributed by atoms with Crippen molar-refractivity contribution >= 4 is 46.1 Å². The van der Waals surface area contributed by atoms with Crippen LogP contribution in [0.3, 0.4) is 0 Å². The summed E-state index contributed by atoms with van der Waals surface area (Å²) in [4.78, 5) is 41.1. The second kappa shape index (κ2) is 9.25. The van der Waals surface area contributed by atoms with E-state index in [9.17, 15) is 14.4 Å². The van der Waals surface area contributed by atoms with Crippen LogP contribution in [0.5, 0.6) is 0 Å². The topological polar surface area (TPSA) is 114 Å². The van der Waals surface area contributed by atoms with Crippen molar-refractivity contribution in [3.05, 3.63) is 58.4 Å². The Morgan fingerprint density at radius 1 is 1.07 bits per heavy atom. The zero-order chi connectivity index (χ0) is 19.9. The van der Waals surface area contributed by atoms with Gasteiger partial charge in [0, 0.05) is 18.3 Å². The third kappa shape index (κ3) is 5.24. The molecule has 28 heavy (non-hydrogen) atoms. The molecule has 3 rings (SSSR count). The lowest BCUT2D eigenvalue weighted by atomic mass is 10.1. The van der Waals surface area contributed by atoms with Crippen molar-refractivity contribution in [2.45, 2.75) is 12.8 Å². The van der Waals surface area contributed by atoms with Crippen LogP contribution < -0.4 is 16.4 Å². The predicted molar refractivity (Wildman–Crippen MR) is 110 cm³/mol. The van der Waals surface area contributed by atoms with Crippen molar-refractivity contribution in [2.75, 3.05) is 11.9 Å². The smallest absolute Gasteiger partial charge is 0.253 e. The van der Waals surface area contributed by atoms with Gasteiger partial charge < -0.3 is 16.4 Å². The van der Waals surface area contributed by atoms with E-state index in [1.165, 1.54) is 11.3 Å². The minimum absolute atomic E-state index is 0.0522. The molecule has 3 aromatic rings. The first-order valence-electron chi connectivity index (χ1n) is 8.46. The largest absolute Gasteiger partial charge is 0.370 e. The summed E-state index contributed by atoms with van der Waals surface area (Å²) in [5, 5.41) is 10.1. The summed E-state index contributed by atoms with van der Waals surface area (Å²) in [7, 11) is 0. The standard InChI is InChI=1S/C19H18N4O3S2/c20-16(24)7-8-21-18(26)13-4-1-2-5-14(13)23-17(25)10-12-11-28-19(22-12)15-6-3-9-27-15/h1-6,9,11H,7-8,10H2,(H2,20,24)(H,21,26)(H,23,25). The van der Waals surface area contributed by atoms with E-state index in [-0.39, 0.29) is 31.2 Å². The number of aromatic nitrogens is 1. The van der Waals surface area contributed by atoms with Crippen LogP contribution in [-0.4, -0.2) is 29.3 Å². The molecule has 0 bridgehead atoms. The number of carbonyl (C=O) groups is 3. The molecule has 0 aliphatic heterocycles. The summed E-state index contributed by atoms with van der Waals surface area (Å²) in [5.74, 6) is -1.14. The maximum Gasteiger partial charge on any atom is 0.253 e. The summed E-state index contributed by atoms with van der Waals surface area (Å²) in [5.41, 5.74) is 6.46. The fraction of sp³-hybridized carbons (Fsp3) is 0.158. The fourth-order valence-electron chi connectivity index (χ4n) is 2.45. The molecule has 7 nitrogen and oxygen atoms in total. The monoisotopic (exact) mass is 414 g/mol. The van der Waals surface area contributed by atoms with Crippen molar-refractivity contribution in [1.82, 2.24) is 10.3 Å². The molecule has 144 valence electrons. The number of nitrogens with zero attached hydrogens (tertiary/aromatic N) is 1. The number of hydrogen-bond acceptors (Lipinski definition) is 6. The number of anilines is 1. The number of amides is 3. The molecule has 0 fully saturated rings. The van der Waals surface area contributed by atoms with Crippen LogP contribution in [0, 0.1) is 0 Å². The second-order valence-corrected chi connectivity index (χ2v) is 7.67. The maximum absolute atomic E-state index is 12.4. The summed E-state index contributed by atoms with van der Waals surface area (Å²) in [6.45, 7) is 0.140. The Bertz CT molecular complexity index is 983. The number of rotatable bonds is 8. The summed E-state index contributed by atoms with van der Waals surface area (Å²) in [6.07, 6.45) is 0.163. The zero-order valence-corrected chi connectivity index (χ0v) is 16.4. The maximum atomic E-state index is 12.4. The molecular formula is C19H18N4O3S2. The highest BCUT2D eigenvalue weighted by atomic mass is 32.1. The van der Waals surface area contributed by atoms with Gasteiger partial charge in [-0.25, -0.2) is 4.98 Å². The Morgan fingerprint density at radius 3 is 2.64 bits per heavy atom. The Kier molecular flexibility index (Phi) is 6.51. The van der Waals surface area contributed by atoms with Gasteiger partial charge in [-0.15, -0.1) is 22.7 Å². The third-order valence-electron chi connectivity index (χ3n) is 3.73. The average molecular weight is 415 g/mol. The number of nitrogens with one attached hydrogen (secondary N) is 2. The summed E-state index contributed by atoms with van der Waals surface area (Å²) >= 11 is 3.09. The van der Waals surface area contributed by atoms with Gasteiger partial charge in [0.1, 0.15) is 5.01 Å². The molecule has 0 radical (unpaired) electrons. The predicted octanol–water partition coefficient (Wildman–Crippen LogP) is 2.66. The number of hydrogen-bond donors (Lipinski definition) is 3. The van der Waals surface area contributed by atoms with Crippen LogP contribution in [0.15, 0.2) is 47.2 Å². The van der Waals surface area contributed by atoms with Crippen molar-refractivity contribution in [3.8, 4) is 9.88 Å². The van der Waals surface area contributed by atoms with Gasteiger partial charge in [-0.05, 0) is 23.6 Å². The van der Waals surface area contributed by atoms with Crippen LogP contribution >= 0.6 is 22.7 Å². The van der Waals surface area contributed by atoms with Gasteiger partial charge in [0.05, 0.1) is 28.2 Å². The molecule has 2 heterocycles. The van der Waals surface area contributed by atoms with E-state index in [0.29, 0.717) is 16.9 Å². The average Bonchev–Trinajstić information content (AvgIpc) is 3.33. The van der Waals surface area contributed by atoms with E-state index in [0.717, 1.165) is 9.88 Å². The molecule has 9 heteroatoms. The molecule has 1 aromatic carbocycles. The quantitative estimate of drug-likeness (QED) is 0.526. The lowest BCUT2D eigenvalue weighted by Crippen LogP contribution is -2.29. The number of benzene rings is 1. The van der Waals surface area contributed by atoms with Gasteiger partial charge in [-0.1, -0.05) is 18.2 Å². The normalized spacial score (nSPS) is 10.4. The first-order valence-corrected chi connectivity index (χ1v) is 10.2. The van der Waals surface area contributed by atoms with Crippen molar-refractivity contribution in [3.63, 3.8) is 0 Å². The number of para-hydroxylation sites is 1. The van der Waals surface area contributed by atoms with Crippen LogP contribution in [0.2, 0.25) is 0 Å². The van der Waals surface area contributed by atoms with E-state index in [1.807, 2.05) is 22.9 Å². The molecule has 0 atom stereocenters. The van der Waals surface area contributed by atoms with Gasteiger partial charge in [0.2, 0.25) is 11.8 Å². The molecule has 2 aromatic heterocycles. The van der Waals surface area contributed by atoms with Crippen molar-refractivity contribution in [2.24, 2.45) is 5.73 Å². The van der Waals surface area contributed by atoms with Gasteiger partial charge >= 0.3 is 0 Å². The Morgan fingerprint density at radius 2 is 1.89 bits per heavy atom. The summed E-state index contributed by atoms with van der Waals surface area (Å²) in [6, 6.07) is 10.6. The molecule has 0 spiro atoms. The van der Waals surface area contributed by atoms with Gasteiger partial charge in [-0.3, -0.25) is 14.4 Å². The molecule has 0 saturated heterocycles. The zero-order valence-electron chi connectivity index (χ0n) is 14.8. The molecule has 0 aliphatic carbocycles. The molecule has 3 amide bonds. The van der Waals surface area contributed by atoms with Crippen LogP contribution in [0.1, 0.15) is 22.5 Å². The number of thiazole rings is 1. The lowest BCUT2D eigenvalue weighted by molar-refractivity contribution is -0.118. The fourth-order valence-corrected chi connectivity index (χ4v) is 4.08. The number of primary amides is 1. The molecule has 0 unspecified atom stereocenters. The molecular weight excluding hydrogens is 396 g/mol.